The summed E-state index contributed by atoms with van der Waals surface area (Å²) in [6.45, 7) is 6.54. The van der Waals surface area contributed by atoms with E-state index in [9.17, 15) is 14.4 Å². The van der Waals surface area contributed by atoms with Gasteiger partial charge in [0.1, 0.15) is 13.2 Å². The molecule has 0 saturated carbocycles. The van der Waals surface area contributed by atoms with Crippen LogP contribution in [0, 0.1) is 0 Å². The van der Waals surface area contributed by atoms with Gasteiger partial charge >= 0.3 is 17.9 Å². The largest absolute Gasteiger partial charge is 0.462 e. The molecule has 6 heteroatoms. The average Bonchev–Trinajstić information content (AvgIpc) is 3.39. The number of carbonyl (C=O) groups excluding carboxylic acids is 3. The highest BCUT2D eigenvalue weighted by Crippen LogP contribution is 2.16. The third-order valence-electron chi connectivity index (χ3n) is 13.7. The van der Waals surface area contributed by atoms with Crippen molar-refractivity contribution < 1.29 is 28.6 Å². The Labute approximate surface area is 453 Å². The van der Waals surface area contributed by atoms with Crippen LogP contribution in [0.1, 0.15) is 316 Å². The molecular formula is C67H118O6. The Kier molecular flexibility index (Phi) is 58.7. The second kappa shape index (κ2) is 61.4. The highest BCUT2D eigenvalue weighted by Gasteiger charge is 2.19. The number of allylic oxidation sites excluding steroid dienone is 12. The first-order valence-corrected chi connectivity index (χ1v) is 31.4. The predicted molar refractivity (Wildman–Crippen MR) is 316 cm³/mol. The van der Waals surface area contributed by atoms with E-state index in [-0.39, 0.29) is 31.1 Å². The Morgan fingerprint density at radius 1 is 0.288 bits per heavy atom. The fourth-order valence-electron chi connectivity index (χ4n) is 9.00. The van der Waals surface area contributed by atoms with E-state index in [1.54, 1.807) is 0 Å². The number of hydrogen-bond acceptors (Lipinski definition) is 6. The lowest BCUT2D eigenvalue weighted by atomic mass is 10.0. The van der Waals surface area contributed by atoms with Gasteiger partial charge < -0.3 is 14.2 Å². The summed E-state index contributed by atoms with van der Waals surface area (Å²) < 4.78 is 16.9. The molecular weight excluding hydrogens is 901 g/mol. The molecule has 422 valence electrons. The van der Waals surface area contributed by atoms with Crippen LogP contribution in [-0.4, -0.2) is 37.2 Å². The van der Waals surface area contributed by atoms with Gasteiger partial charge in [-0.1, -0.05) is 280 Å². The lowest BCUT2D eigenvalue weighted by Gasteiger charge is -2.18. The van der Waals surface area contributed by atoms with Crippen LogP contribution in [0.3, 0.4) is 0 Å². The Bertz CT molecular complexity index is 1360. The van der Waals surface area contributed by atoms with Crippen LogP contribution in [0.4, 0.5) is 0 Å². The van der Waals surface area contributed by atoms with Crippen molar-refractivity contribution in [2.24, 2.45) is 0 Å². The summed E-state index contributed by atoms with van der Waals surface area (Å²) in [5.74, 6) is -0.889. The molecule has 1 atom stereocenters. The van der Waals surface area contributed by atoms with Crippen molar-refractivity contribution in [1.82, 2.24) is 0 Å². The first kappa shape index (κ1) is 69.8. The molecule has 0 aliphatic heterocycles. The monoisotopic (exact) mass is 1020 g/mol. The van der Waals surface area contributed by atoms with Gasteiger partial charge in [0.05, 0.1) is 0 Å². The molecule has 73 heavy (non-hydrogen) atoms. The third-order valence-corrected chi connectivity index (χ3v) is 13.7. The Hall–Kier alpha value is -3.15. The van der Waals surface area contributed by atoms with E-state index < -0.39 is 6.10 Å². The number of rotatable bonds is 57. The maximum atomic E-state index is 12.9. The molecule has 0 bridgehead atoms. The van der Waals surface area contributed by atoms with Crippen molar-refractivity contribution in [3.8, 4) is 0 Å². The molecule has 0 aliphatic rings. The van der Waals surface area contributed by atoms with E-state index in [0.717, 1.165) is 103 Å². The molecule has 6 nitrogen and oxygen atoms in total. The number of esters is 3. The van der Waals surface area contributed by atoms with Crippen molar-refractivity contribution in [2.75, 3.05) is 13.2 Å². The van der Waals surface area contributed by atoms with Crippen LogP contribution < -0.4 is 0 Å². The van der Waals surface area contributed by atoms with Crippen molar-refractivity contribution in [2.45, 2.75) is 322 Å². The summed E-state index contributed by atoms with van der Waals surface area (Å²) in [7, 11) is 0. The molecule has 0 rings (SSSR count). The van der Waals surface area contributed by atoms with Gasteiger partial charge in [-0.15, -0.1) is 0 Å². The van der Waals surface area contributed by atoms with Crippen molar-refractivity contribution in [3.05, 3.63) is 72.9 Å². The van der Waals surface area contributed by atoms with Crippen molar-refractivity contribution in [1.29, 1.82) is 0 Å². The fraction of sp³-hybridized carbons (Fsp3) is 0.776. The molecule has 0 aromatic rings. The minimum atomic E-state index is -0.786. The van der Waals surface area contributed by atoms with Crippen LogP contribution in [-0.2, 0) is 28.6 Å². The smallest absolute Gasteiger partial charge is 0.306 e. The summed E-state index contributed by atoms with van der Waals surface area (Å²) in [4.78, 5) is 38.3. The van der Waals surface area contributed by atoms with Gasteiger partial charge in [0, 0.05) is 19.3 Å². The maximum Gasteiger partial charge on any atom is 0.306 e. The molecule has 0 N–H and O–H groups in total. The van der Waals surface area contributed by atoms with Gasteiger partial charge in [-0.2, -0.15) is 0 Å². The Morgan fingerprint density at radius 3 is 0.836 bits per heavy atom. The summed E-state index contributed by atoms with van der Waals surface area (Å²) in [5, 5.41) is 0. The summed E-state index contributed by atoms with van der Waals surface area (Å²) in [6, 6.07) is 0. The predicted octanol–water partition coefficient (Wildman–Crippen LogP) is 21.3. The van der Waals surface area contributed by atoms with E-state index in [1.165, 1.54) is 173 Å². The van der Waals surface area contributed by atoms with Crippen LogP contribution >= 0.6 is 0 Å². The van der Waals surface area contributed by atoms with Crippen LogP contribution in [0.15, 0.2) is 72.9 Å². The highest BCUT2D eigenvalue weighted by molar-refractivity contribution is 5.71. The first-order chi connectivity index (χ1) is 36.0. The van der Waals surface area contributed by atoms with E-state index in [4.69, 9.17) is 14.2 Å². The number of unbranched alkanes of at least 4 members (excludes halogenated alkanes) is 34. The molecule has 0 radical (unpaired) electrons. The third kappa shape index (κ3) is 59.6. The second-order valence-electron chi connectivity index (χ2n) is 20.9. The molecule has 1 unspecified atom stereocenters. The summed E-state index contributed by atoms with van der Waals surface area (Å²) in [5.41, 5.74) is 0. The van der Waals surface area contributed by atoms with E-state index >= 15 is 0 Å². The zero-order chi connectivity index (χ0) is 52.9. The minimum absolute atomic E-state index is 0.0812. The Balaban J connectivity index is 4.39. The van der Waals surface area contributed by atoms with Gasteiger partial charge in [-0.25, -0.2) is 0 Å². The number of carbonyl (C=O) groups is 3. The first-order valence-electron chi connectivity index (χ1n) is 31.4. The maximum absolute atomic E-state index is 12.9. The molecule has 0 heterocycles. The van der Waals surface area contributed by atoms with Crippen LogP contribution in [0.5, 0.6) is 0 Å². The van der Waals surface area contributed by atoms with Crippen LogP contribution in [0.2, 0.25) is 0 Å². The second-order valence-corrected chi connectivity index (χ2v) is 20.9. The quantitative estimate of drug-likeness (QED) is 0.0261. The number of hydrogen-bond donors (Lipinski definition) is 0. The van der Waals surface area contributed by atoms with E-state index in [2.05, 4.69) is 93.7 Å². The van der Waals surface area contributed by atoms with Crippen molar-refractivity contribution >= 4 is 17.9 Å². The summed E-state index contributed by atoms with van der Waals surface area (Å²) in [6.07, 6.45) is 79.0. The average molecular weight is 1020 g/mol. The number of ether oxygens (including phenoxy) is 3. The highest BCUT2D eigenvalue weighted by atomic mass is 16.6. The topological polar surface area (TPSA) is 78.9 Å². The normalized spacial score (nSPS) is 12.5. The van der Waals surface area contributed by atoms with Crippen LogP contribution in [0.25, 0.3) is 0 Å². The Morgan fingerprint density at radius 2 is 0.534 bits per heavy atom. The molecule has 0 aliphatic carbocycles. The summed E-state index contributed by atoms with van der Waals surface area (Å²) >= 11 is 0. The standard InChI is InChI=1S/C67H118O6/c1-4-7-10-13-16-19-22-25-28-31-32-33-34-37-39-42-45-48-51-54-57-60-66(69)72-63-64(73-67(70)61-58-55-52-49-46-43-40-36-30-27-24-21-18-15-12-9-6-3)62-71-65(68)59-56-53-50-47-44-41-38-35-29-26-23-20-17-14-11-8-5-2/h9,12,18,21-22,25,27,30-32,34,37,64H,4-8,10-11,13-17,19-20,23-24,26,28-29,33,35-36,38-63H2,1-3H3/b12-9-,21-18-,25-22-,30-27-,32-31-,37-34-. The fourth-order valence-corrected chi connectivity index (χ4v) is 9.00. The SMILES string of the molecule is CC/C=C\C/C=C\C/C=C\CCCCCCCCCC(=O)OC(COC(=O)CCCCCCCC/C=C\C/C=C\C/C=C\CCCCCCC)COC(=O)CCCCCCCCCCCCCCCCCCC. The minimum Gasteiger partial charge on any atom is -0.462 e. The van der Waals surface area contributed by atoms with Gasteiger partial charge in [0.2, 0.25) is 0 Å². The lowest BCUT2D eigenvalue weighted by Crippen LogP contribution is -2.30. The van der Waals surface area contributed by atoms with Gasteiger partial charge in [0.15, 0.2) is 6.10 Å². The van der Waals surface area contributed by atoms with E-state index in [1.807, 2.05) is 0 Å². The van der Waals surface area contributed by atoms with Crippen molar-refractivity contribution in [3.63, 3.8) is 0 Å². The zero-order valence-corrected chi connectivity index (χ0v) is 48.4. The van der Waals surface area contributed by atoms with Gasteiger partial charge in [-0.05, 0) is 89.9 Å². The molecule has 0 amide bonds. The molecule has 0 aromatic carbocycles. The molecule has 0 saturated heterocycles. The molecule has 0 aromatic heterocycles. The van der Waals surface area contributed by atoms with E-state index in [0.29, 0.717) is 19.3 Å². The van der Waals surface area contributed by atoms with Gasteiger partial charge in [-0.3, -0.25) is 14.4 Å². The zero-order valence-electron chi connectivity index (χ0n) is 48.4. The molecule has 0 fully saturated rings. The molecule has 0 spiro atoms. The lowest BCUT2D eigenvalue weighted by molar-refractivity contribution is -0.167. The van der Waals surface area contributed by atoms with Gasteiger partial charge in [0.25, 0.3) is 0 Å².